The van der Waals surface area contributed by atoms with E-state index in [0.29, 0.717) is 13.1 Å². The van der Waals surface area contributed by atoms with Gasteiger partial charge in [-0.3, -0.25) is 4.79 Å². The van der Waals surface area contributed by atoms with E-state index in [0.717, 1.165) is 4.68 Å². The van der Waals surface area contributed by atoms with Crippen LogP contribution >= 0.6 is 11.6 Å². The third kappa shape index (κ3) is 3.17. The Bertz CT molecular complexity index is 405. The summed E-state index contributed by atoms with van der Waals surface area (Å²) in [6.07, 6.45) is 1.22. The normalized spacial score (nSPS) is 10.1. The summed E-state index contributed by atoms with van der Waals surface area (Å²) in [6, 6.07) is 0. The maximum absolute atomic E-state index is 11.2. The van der Waals surface area contributed by atoms with Gasteiger partial charge in [-0.25, -0.2) is 0 Å². The lowest BCUT2D eigenvalue weighted by molar-refractivity contribution is -0.389. The zero-order valence-corrected chi connectivity index (χ0v) is 8.98. The fourth-order valence-corrected chi connectivity index (χ4v) is 1.23. The number of nitrogens with two attached hydrogens (primary N) is 1. The number of hydrogen-bond acceptors (Lipinski definition) is 5. The first-order chi connectivity index (χ1) is 7.54. The maximum atomic E-state index is 11.2. The van der Waals surface area contributed by atoms with E-state index in [2.05, 4.69) is 10.4 Å². The number of halogens is 1. The summed E-state index contributed by atoms with van der Waals surface area (Å²) in [7, 11) is 0. The molecule has 0 saturated carbocycles. The summed E-state index contributed by atoms with van der Waals surface area (Å²) in [5.41, 5.74) is 5.19. The van der Waals surface area contributed by atoms with E-state index >= 15 is 0 Å². The third-order valence-corrected chi connectivity index (χ3v) is 1.91. The molecule has 0 aliphatic rings. The molecule has 1 aromatic rings. The van der Waals surface area contributed by atoms with E-state index in [-0.39, 0.29) is 17.5 Å². The number of nitrogens with one attached hydrogen (secondary N) is 1. The monoisotopic (exact) mass is 247 g/mol. The van der Waals surface area contributed by atoms with Crippen LogP contribution in [0.1, 0.15) is 0 Å². The Kier molecular flexibility index (Phi) is 4.20. The van der Waals surface area contributed by atoms with Gasteiger partial charge in [0.05, 0.1) is 11.3 Å². The van der Waals surface area contributed by atoms with Crippen LogP contribution in [0.3, 0.4) is 0 Å². The van der Waals surface area contributed by atoms with E-state index in [9.17, 15) is 14.9 Å². The second-order valence-electron chi connectivity index (χ2n) is 2.89. The van der Waals surface area contributed by atoms with Gasteiger partial charge in [-0.15, -0.1) is 0 Å². The molecule has 0 aliphatic heterocycles. The highest BCUT2D eigenvalue weighted by Gasteiger charge is 2.19. The number of hydrogen-bond donors (Lipinski definition) is 2. The molecule has 16 heavy (non-hydrogen) atoms. The van der Waals surface area contributed by atoms with Crippen LogP contribution in [0.4, 0.5) is 5.82 Å². The van der Waals surface area contributed by atoms with E-state index in [1.54, 1.807) is 0 Å². The Morgan fingerprint density at radius 3 is 2.94 bits per heavy atom. The third-order valence-electron chi connectivity index (χ3n) is 1.64. The molecular formula is C7H10ClN5O3. The summed E-state index contributed by atoms with van der Waals surface area (Å²) in [4.78, 5) is 20.9. The lowest BCUT2D eigenvalue weighted by Crippen LogP contribution is -2.32. The van der Waals surface area contributed by atoms with Crippen molar-refractivity contribution < 1.29 is 9.72 Å². The standard InChI is InChI=1S/C7H10ClN5O3/c8-5-3-12(11-7(5)13(15)16)4-6(14)10-2-1-9/h3H,1-2,4,9H2,(H,10,14). The van der Waals surface area contributed by atoms with Crippen molar-refractivity contribution >= 4 is 23.3 Å². The molecule has 0 saturated heterocycles. The zero-order valence-electron chi connectivity index (χ0n) is 8.22. The summed E-state index contributed by atoms with van der Waals surface area (Å²) in [5, 5.41) is 16.4. The number of aromatic nitrogens is 2. The molecule has 1 amide bonds. The maximum Gasteiger partial charge on any atom is 0.408 e. The van der Waals surface area contributed by atoms with Gasteiger partial charge in [0.1, 0.15) is 6.54 Å². The molecule has 9 heteroatoms. The number of carbonyl (C=O) groups excluding carboxylic acids is 1. The van der Waals surface area contributed by atoms with Gasteiger partial charge in [0.25, 0.3) is 0 Å². The van der Waals surface area contributed by atoms with Crippen LogP contribution < -0.4 is 11.1 Å². The Morgan fingerprint density at radius 2 is 2.44 bits per heavy atom. The number of carbonyl (C=O) groups is 1. The molecule has 0 unspecified atom stereocenters. The second kappa shape index (κ2) is 5.42. The van der Waals surface area contributed by atoms with E-state index < -0.39 is 10.7 Å². The van der Waals surface area contributed by atoms with Crippen molar-refractivity contribution in [1.82, 2.24) is 15.1 Å². The van der Waals surface area contributed by atoms with Gasteiger partial charge < -0.3 is 21.2 Å². The van der Waals surface area contributed by atoms with Crippen LogP contribution in [0.2, 0.25) is 5.02 Å². The van der Waals surface area contributed by atoms with Crippen molar-refractivity contribution in [2.24, 2.45) is 5.73 Å². The lowest BCUT2D eigenvalue weighted by atomic mass is 10.5. The van der Waals surface area contributed by atoms with Crippen LogP contribution in [0.25, 0.3) is 0 Å². The minimum absolute atomic E-state index is 0.100. The molecule has 3 N–H and O–H groups in total. The molecule has 0 spiro atoms. The van der Waals surface area contributed by atoms with Crippen molar-refractivity contribution in [3.8, 4) is 0 Å². The highest BCUT2D eigenvalue weighted by molar-refractivity contribution is 6.32. The molecule has 1 rings (SSSR count). The highest BCUT2D eigenvalue weighted by Crippen LogP contribution is 2.20. The molecule has 0 bridgehead atoms. The van der Waals surface area contributed by atoms with Gasteiger partial charge in [-0.1, -0.05) is 11.6 Å². The average molecular weight is 248 g/mol. The van der Waals surface area contributed by atoms with Crippen molar-refractivity contribution in [3.05, 3.63) is 21.3 Å². The van der Waals surface area contributed by atoms with Gasteiger partial charge in [0.2, 0.25) is 5.91 Å². The van der Waals surface area contributed by atoms with Crippen LogP contribution in [0.15, 0.2) is 6.20 Å². The van der Waals surface area contributed by atoms with Crippen molar-refractivity contribution in [3.63, 3.8) is 0 Å². The molecule has 0 atom stereocenters. The molecule has 0 radical (unpaired) electrons. The topological polar surface area (TPSA) is 116 Å². The number of amides is 1. The van der Waals surface area contributed by atoms with Gasteiger partial charge in [0.15, 0.2) is 5.02 Å². The van der Waals surface area contributed by atoms with Crippen molar-refractivity contribution in [2.75, 3.05) is 13.1 Å². The van der Waals surface area contributed by atoms with Gasteiger partial charge in [0, 0.05) is 13.1 Å². The smallest absolute Gasteiger partial charge is 0.358 e. The van der Waals surface area contributed by atoms with Gasteiger partial charge in [-0.2, -0.15) is 4.68 Å². The number of nitrogens with zero attached hydrogens (tertiary/aromatic N) is 3. The average Bonchev–Trinajstić information content (AvgIpc) is 2.56. The highest BCUT2D eigenvalue weighted by atomic mass is 35.5. The zero-order chi connectivity index (χ0) is 12.1. The molecule has 0 fully saturated rings. The molecule has 1 heterocycles. The van der Waals surface area contributed by atoms with Crippen LogP contribution in [0, 0.1) is 10.1 Å². The van der Waals surface area contributed by atoms with Gasteiger partial charge in [-0.05, 0) is 4.92 Å². The van der Waals surface area contributed by atoms with Crippen LogP contribution in [0.5, 0.6) is 0 Å². The van der Waals surface area contributed by atoms with E-state index in [1.165, 1.54) is 6.20 Å². The summed E-state index contributed by atoms with van der Waals surface area (Å²) in [5.74, 6) is -0.798. The molecule has 0 aromatic carbocycles. The molecule has 88 valence electrons. The Labute approximate surface area is 95.5 Å². The van der Waals surface area contributed by atoms with Crippen molar-refractivity contribution in [1.29, 1.82) is 0 Å². The van der Waals surface area contributed by atoms with Crippen molar-refractivity contribution in [2.45, 2.75) is 6.54 Å². The van der Waals surface area contributed by atoms with Gasteiger partial charge >= 0.3 is 5.82 Å². The molecular weight excluding hydrogens is 238 g/mol. The predicted octanol–water partition coefficient (Wildman–Crippen LogP) is -0.480. The molecule has 0 aliphatic carbocycles. The first-order valence-electron chi connectivity index (χ1n) is 4.38. The first-order valence-corrected chi connectivity index (χ1v) is 4.76. The Hall–Kier alpha value is -1.67. The van der Waals surface area contributed by atoms with Crippen LogP contribution in [-0.4, -0.2) is 33.7 Å². The fraction of sp³-hybridized carbons (Fsp3) is 0.429. The fourth-order valence-electron chi connectivity index (χ4n) is 1.01. The first kappa shape index (κ1) is 12.4. The minimum atomic E-state index is -0.712. The lowest BCUT2D eigenvalue weighted by Gasteiger charge is -2.00. The summed E-state index contributed by atoms with van der Waals surface area (Å²) >= 11 is 5.55. The number of nitro groups is 1. The minimum Gasteiger partial charge on any atom is -0.358 e. The molecule has 1 aromatic heterocycles. The Balaban J connectivity index is 2.64. The summed E-state index contributed by atoms with van der Waals surface area (Å²) in [6.45, 7) is 0.537. The quantitative estimate of drug-likeness (QED) is 0.538. The molecule has 8 nitrogen and oxygen atoms in total. The van der Waals surface area contributed by atoms with E-state index in [4.69, 9.17) is 17.3 Å². The van der Waals surface area contributed by atoms with E-state index in [1.807, 2.05) is 0 Å². The predicted molar refractivity (Wildman–Crippen MR) is 56.0 cm³/mol. The summed E-state index contributed by atoms with van der Waals surface area (Å²) < 4.78 is 1.10. The largest absolute Gasteiger partial charge is 0.408 e. The Morgan fingerprint density at radius 1 is 1.75 bits per heavy atom. The second-order valence-corrected chi connectivity index (χ2v) is 3.30. The van der Waals surface area contributed by atoms with Crippen LogP contribution in [-0.2, 0) is 11.3 Å². The number of rotatable bonds is 5. The SMILES string of the molecule is NCCNC(=O)Cn1cc(Cl)c([N+](=O)[O-])n1.